The van der Waals surface area contributed by atoms with Gasteiger partial charge in [-0.15, -0.1) is 0 Å². The number of aromatic nitrogens is 2. The van der Waals surface area contributed by atoms with Crippen molar-refractivity contribution in [1.29, 1.82) is 0 Å². The van der Waals surface area contributed by atoms with E-state index in [1.165, 1.54) is 0 Å². The summed E-state index contributed by atoms with van der Waals surface area (Å²) >= 11 is 1.78. The minimum atomic E-state index is -0.842. The third-order valence-electron chi connectivity index (χ3n) is 4.91. The number of nitrogens with one attached hydrogen (secondary N) is 1. The average molecular weight is 409 g/mol. The Morgan fingerprint density at radius 3 is 2.10 bits per heavy atom. The van der Waals surface area contributed by atoms with Crippen LogP contribution in [0.25, 0.3) is 22.5 Å². The molecule has 0 amide bonds. The highest BCUT2D eigenvalue weighted by atomic mass is 32.2. The summed E-state index contributed by atoms with van der Waals surface area (Å²) < 4.78 is 0. The van der Waals surface area contributed by atoms with Crippen molar-refractivity contribution >= 4 is 11.8 Å². The summed E-state index contributed by atoms with van der Waals surface area (Å²) in [5, 5.41) is 10.1. The standard InChI is InChI=1S/C22H22N2O2S.C2H6/c1-22(2,26)17-9-7-15(8-10-17)14-3-5-16(6-4-14)20-23-19-11-12-27-13-18(19)21(25)24-20;1-2/h3-10,26H,11-13H2,1-2H3,(H,23,24,25);1-2H3. The molecule has 3 aromatic rings. The lowest BCUT2D eigenvalue weighted by Gasteiger charge is -2.18. The van der Waals surface area contributed by atoms with Gasteiger partial charge in [-0.3, -0.25) is 4.79 Å². The molecule has 0 unspecified atom stereocenters. The fraction of sp³-hybridized carbons (Fsp3) is 0.333. The molecule has 152 valence electrons. The van der Waals surface area contributed by atoms with Gasteiger partial charge in [0.05, 0.1) is 11.3 Å². The molecule has 0 radical (unpaired) electrons. The van der Waals surface area contributed by atoms with Crippen molar-refractivity contribution in [2.45, 2.75) is 45.5 Å². The van der Waals surface area contributed by atoms with Crippen LogP contribution in [0.2, 0.25) is 0 Å². The first-order valence-electron chi connectivity index (χ1n) is 10.1. The Kier molecular flexibility index (Phi) is 6.60. The van der Waals surface area contributed by atoms with Crippen LogP contribution in [0.4, 0.5) is 0 Å². The van der Waals surface area contributed by atoms with Crippen LogP contribution >= 0.6 is 11.8 Å². The maximum absolute atomic E-state index is 12.3. The van der Waals surface area contributed by atoms with Crippen molar-refractivity contribution in [3.63, 3.8) is 0 Å². The highest BCUT2D eigenvalue weighted by Crippen LogP contribution is 2.27. The van der Waals surface area contributed by atoms with E-state index < -0.39 is 5.60 Å². The molecule has 0 saturated carbocycles. The van der Waals surface area contributed by atoms with E-state index >= 15 is 0 Å². The van der Waals surface area contributed by atoms with Crippen LogP contribution in [-0.4, -0.2) is 20.8 Å². The SMILES string of the molecule is CC.CC(C)(O)c1ccc(-c2ccc(-c3nc4c(c(=O)[nH]3)CSCC4)cc2)cc1. The molecular weight excluding hydrogens is 380 g/mol. The molecule has 2 heterocycles. The van der Waals surface area contributed by atoms with Crippen molar-refractivity contribution in [1.82, 2.24) is 9.97 Å². The van der Waals surface area contributed by atoms with Crippen LogP contribution in [-0.2, 0) is 17.8 Å². The summed E-state index contributed by atoms with van der Waals surface area (Å²) in [4.78, 5) is 19.9. The Balaban J connectivity index is 0.00000117. The quantitative estimate of drug-likeness (QED) is 0.629. The maximum Gasteiger partial charge on any atom is 0.255 e. The molecule has 2 aromatic carbocycles. The van der Waals surface area contributed by atoms with E-state index in [9.17, 15) is 9.90 Å². The van der Waals surface area contributed by atoms with Gasteiger partial charge in [-0.1, -0.05) is 62.4 Å². The molecule has 0 atom stereocenters. The van der Waals surface area contributed by atoms with Gasteiger partial charge in [0.2, 0.25) is 0 Å². The summed E-state index contributed by atoms with van der Waals surface area (Å²) in [6.45, 7) is 7.56. The Morgan fingerprint density at radius 1 is 0.966 bits per heavy atom. The monoisotopic (exact) mass is 408 g/mol. The van der Waals surface area contributed by atoms with E-state index in [0.29, 0.717) is 5.82 Å². The molecule has 1 aliphatic heterocycles. The van der Waals surface area contributed by atoms with Crippen LogP contribution in [0.3, 0.4) is 0 Å². The van der Waals surface area contributed by atoms with Gasteiger partial charge >= 0.3 is 0 Å². The molecule has 0 aliphatic carbocycles. The van der Waals surface area contributed by atoms with Crippen molar-refractivity contribution in [2.24, 2.45) is 0 Å². The Bertz CT molecular complexity index is 1020. The van der Waals surface area contributed by atoms with Crippen LogP contribution in [0.15, 0.2) is 53.3 Å². The van der Waals surface area contributed by atoms with Gasteiger partial charge in [0.1, 0.15) is 5.82 Å². The van der Waals surface area contributed by atoms with Gasteiger partial charge in [0.15, 0.2) is 0 Å². The lowest BCUT2D eigenvalue weighted by molar-refractivity contribution is 0.0786. The van der Waals surface area contributed by atoms with E-state index in [2.05, 4.69) is 9.97 Å². The fourth-order valence-electron chi connectivity index (χ4n) is 3.27. The third kappa shape index (κ3) is 4.80. The predicted octanol–water partition coefficient (Wildman–Crippen LogP) is 5.15. The minimum absolute atomic E-state index is 0.0199. The second-order valence-corrected chi connectivity index (χ2v) is 8.46. The van der Waals surface area contributed by atoms with E-state index in [4.69, 9.17) is 0 Å². The second kappa shape index (κ2) is 8.97. The largest absolute Gasteiger partial charge is 0.386 e. The maximum atomic E-state index is 12.3. The molecule has 0 fully saturated rings. The number of fused-ring (bicyclic) bond motifs is 1. The molecule has 5 heteroatoms. The predicted molar refractivity (Wildman–Crippen MR) is 122 cm³/mol. The summed E-state index contributed by atoms with van der Waals surface area (Å²) in [5.41, 5.74) is 4.84. The van der Waals surface area contributed by atoms with E-state index in [1.807, 2.05) is 62.4 Å². The molecule has 4 rings (SSSR count). The van der Waals surface area contributed by atoms with Crippen LogP contribution in [0.5, 0.6) is 0 Å². The van der Waals surface area contributed by atoms with Crippen LogP contribution in [0.1, 0.15) is 44.5 Å². The van der Waals surface area contributed by atoms with E-state index in [0.717, 1.165) is 51.4 Å². The van der Waals surface area contributed by atoms with Gasteiger partial charge in [-0.2, -0.15) is 11.8 Å². The fourth-order valence-corrected chi connectivity index (χ4v) is 4.25. The first-order chi connectivity index (χ1) is 13.9. The number of benzene rings is 2. The Labute approximate surface area is 176 Å². The molecular formula is C24H28N2O2S. The molecule has 1 aromatic heterocycles. The number of nitrogens with zero attached hydrogens (tertiary/aromatic N) is 1. The van der Waals surface area contributed by atoms with Crippen molar-refractivity contribution in [3.8, 4) is 22.5 Å². The molecule has 0 spiro atoms. The topological polar surface area (TPSA) is 66.0 Å². The average Bonchev–Trinajstić information content (AvgIpc) is 2.75. The van der Waals surface area contributed by atoms with Crippen molar-refractivity contribution < 1.29 is 5.11 Å². The second-order valence-electron chi connectivity index (χ2n) is 7.36. The normalized spacial score (nSPS) is 13.3. The van der Waals surface area contributed by atoms with Gasteiger partial charge in [-0.05, 0) is 42.7 Å². The smallest absolute Gasteiger partial charge is 0.255 e. The van der Waals surface area contributed by atoms with Crippen LogP contribution in [0, 0.1) is 0 Å². The Morgan fingerprint density at radius 2 is 1.52 bits per heavy atom. The minimum Gasteiger partial charge on any atom is -0.386 e. The molecule has 2 N–H and O–H groups in total. The van der Waals surface area contributed by atoms with Gasteiger partial charge in [0.25, 0.3) is 5.56 Å². The first kappa shape index (κ1) is 21.3. The number of H-pyrrole nitrogens is 1. The van der Waals surface area contributed by atoms with E-state index in [1.54, 1.807) is 25.6 Å². The van der Waals surface area contributed by atoms with Crippen LogP contribution < -0.4 is 5.56 Å². The van der Waals surface area contributed by atoms with Gasteiger partial charge < -0.3 is 10.1 Å². The number of aliphatic hydroxyl groups is 1. The van der Waals surface area contributed by atoms with Gasteiger partial charge in [0, 0.05) is 16.9 Å². The molecule has 29 heavy (non-hydrogen) atoms. The number of rotatable bonds is 3. The number of hydrogen-bond donors (Lipinski definition) is 2. The zero-order valence-corrected chi connectivity index (χ0v) is 18.3. The third-order valence-corrected chi connectivity index (χ3v) is 5.90. The lowest BCUT2D eigenvalue weighted by atomic mass is 9.95. The van der Waals surface area contributed by atoms with Crippen molar-refractivity contribution in [3.05, 3.63) is 75.7 Å². The molecule has 0 saturated heterocycles. The Hall–Kier alpha value is -2.37. The van der Waals surface area contributed by atoms with E-state index in [-0.39, 0.29) is 5.56 Å². The molecule has 4 nitrogen and oxygen atoms in total. The number of aromatic amines is 1. The van der Waals surface area contributed by atoms with Gasteiger partial charge in [-0.25, -0.2) is 4.98 Å². The number of hydrogen-bond acceptors (Lipinski definition) is 4. The highest BCUT2D eigenvalue weighted by Gasteiger charge is 2.17. The van der Waals surface area contributed by atoms with Crippen molar-refractivity contribution in [2.75, 3.05) is 5.75 Å². The summed E-state index contributed by atoms with van der Waals surface area (Å²) in [7, 11) is 0. The molecule has 1 aliphatic rings. The zero-order chi connectivity index (χ0) is 21.0. The summed E-state index contributed by atoms with van der Waals surface area (Å²) in [5.74, 6) is 2.40. The highest BCUT2D eigenvalue weighted by molar-refractivity contribution is 7.98. The lowest BCUT2D eigenvalue weighted by Crippen LogP contribution is -2.21. The zero-order valence-electron chi connectivity index (χ0n) is 17.5. The number of aryl methyl sites for hydroxylation is 1. The molecule has 0 bridgehead atoms. The summed E-state index contributed by atoms with van der Waals surface area (Å²) in [6.07, 6.45) is 0.850. The first-order valence-corrected chi connectivity index (χ1v) is 11.2. The summed E-state index contributed by atoms with van der Waals surface area (Å²) in [6, 6.07) is 16.0. The number of thioether (sulfide) groups is 1.